The van der Waals surface area contributed by atoms with Gasteiger partial charge in [0.05, 0.1) is 12.5 Å². The molecule has 26 heavy (non-hydrogen) atoms. The first-order valence-corrected chi connectivity index (χ1v) is 9.12. The summed E-state index contributed by atoms with van der Waals surface area (Å²) in [5, 5.41) is 11.3. The van der Waals surface area contributed by atoms with Gasteiger partial charge in [0.15, 0.2) is 0 Å². The van der Waals surface area contributed by atoms with Crippen LogP contribution in [0.1, 0.15) is 24.3 Å². The molecule has 1 aromatic carbocycles. The van der Waals surface area contributed by atoms with E-state index in [2.05, 4.69) is 22.3 Å². The fraction of sp³-hybridized carbons (Fsp3) is 0.526. The Morgan fingerprint density at radius 3 is 2.31 bits per heavy atom. The van der Waals surface area contributed by atoms with Crippen LogP contribution in [-0.4, -0.2) is 60.5 Å². The molecule has 0 bridgehead atoms. The molecule has 0 radical (unpaired) electrons. The van der Waals surface area contributed by atoms with Crippen LogP contribution in [0.15, 0.2) is 24.3 Å². The highest BCUT2D eigenvalue weighted by Gasteiger charge is 2.40. The molecule has 0 spiro atoms. The number of nitrogens with one attached hydrogen (secondary N) is 1. The van der Waals surface area contributed by atoms with Crippen LogP contribution in [0.3, 0.4) is 0 Å². The number of rotatable bonds is 4. The van der Waals surface area contributed by atoms with Gasteiger partial charge in [-0.15, -0.1) is 0 Å². The van der Waals surface area contributed by atoms with E-state index in [1.807, 2.05) is 17.0 Å². The molecule has 4 rings (SSSR count). The summed E-state index contributed by atoms with van der Waals surface area (Å²) in [5.41, 5.74) is 2.09. The number of fused-ring (bicyclic) bond motifs is 1. The standard InChI is InChI=1S/C19H23N3O4/c23-17-6-5-16(19(26)20-17)12-1-3-15(4-2-12)22-9-13-7-21(11-18(24)25)8-14(13)10-22/h1-4,13-14,16H,5-11H2,(H,24,25)(H,20,23,26)/t13-,14-,16?/m1/s1. The Labute approximate surface area is 152 Å². The van der Waals surface area contributed by atoms with Gasteiger partial charge in [0.25, 0.3) is 0 Å². The number of hydrogen-bond acceptors (Lipinski definition) is 5. The van der Waals surface area contributed by atoms with Gasteiger partial charge in [0.1, 0.15) is 0 Å². The Hall–Kier alpha value is -2.41. The molecule has 138 valence electrons. The Balaban J connectivity index is 1.38. The summed E-state index contributed by atoms with van der Waals surface area (Å²) in [6.07, 6.45) is 0.956. The molecule has 3 fully saturated rings. The molecule has 7 heteroatoms. The molecule has 0 saturated carbocycles. The zero-order valence-electron chi connectivity index (χ0n) is 14.6. The highest BCUT2D eigenvalue weighted by Crippen LogP contribution is 2.34. The lowest BCUT2D eigenvalue weighted by Gasteiger charge is -2.24. The largest absolute Gasteiger partial charge is 0.480 e. The fourth-order valence-electron chi connectivity index (χ4n) is 4.55. The second-order valence-electron chi connectivity index (χ2n) is 7.61. The Bertz CT molecular complexity index is 719. The molecular weight excluding hydrogens is 334 g/mol. The molecule has 3 aliphatic rings. The van der Waals surface area contributed by atoms with E-state index in [1.54, 1.807) is 0 Å². The number of benzene rings is 1. The number of amides is 2. The molecule has 2 amide bonds. The molecule has 2 N–H and O–H groups in total. The first-order valence-electron chi connectivity index (χ1n) is 9.12. The SMILES string of the molecule is O=C(O)CN1C[C@@H]2CN(c3ccc(C4CCC(=O)NC4=O)cc3)C[C@H]2C1. The van der Waals surface area contributed by atoms with Gasteiger partial charge in [0.2, 0.25) is 11.8 Å². The van der Waals surface area contributed by atoms with Gasteiger partial charge in [-0.1, -0.05) is 12.1 Å². The number of nitrogens with zero attached hydrogens (tertiary/aromatic N) is 2. The highest BCUT2D eigenvalue weighted by molar-refractivity contribution is 6.00. The summed E-state index contributed by atoms with van der Waals surface area (Å²) >= 11 is 0. The summed E-state index contributed by atoms with van der Waals surface area (Å²) in [4.78, 5) is 38.5. The smallest absolute Gasteiger partial charge is 0.317 e. The van der Waals surface area contributed by atoms with Crippen molar-refractivity contribution < 1.29 is 19.5 Å². The average Bonchev–Trinajstić information content (AvgIpc) is 3.13. The van der Waals surface area contributed by atoms with Crippen LogP contribution in [-0.2, 0) is 14.4 Å². The van der Waals surface area contributed by atoms with Crippen molar-refractivity contribution in [2.24, 2.45) is 11.8 Å². The monoisotopic (exact) mass is 357 g/mol. The number of carboxylic acid groups (broad SMARTS) is 1. The zero-order chi connectivity index (χ0) is 18.3. The normalized spacial score (nSPS) is 28.9. The Morgan fingerprint density at radius 2 is 1.73 bits per heavy atom. The number of likely N-dealkylation sites (tertiary alicyclic amines) is 1. The van der Waals surface area contributed by atoms with Crippen molar-refractivity contribution in [3.8, 4) is 0 Å². The van der Waals surface area contributed by atoms with Crippen LogP contribution in [0, 0.1) is 11.8 Å². The third-order valence-electron chi connectivity index (χ3n) is 5.82. The van der Waals surface area contributed by atoms with E-state index < -0.39 is 5.97 Å². The number of hydrogen-bond donors (Lipinski definition) is 2. The number of imide groups is 1. The lowest BCUT2D eigenvalue weighted by Crippen LogP contribution is -2.39. The lowest BCUT2D eigenvalue weighted by atomic mass is 9.90. The number of carbonyl (C=O) groups is 3. The van der Waals surface area contributed by atoms with Crippen LogP contribution in [0.4, 0.5) is 5.69 Å². The van der Waals surface area contributed by atoms with E-state index in [-0.39, 0.29) is 24.3 Å². The van der Waals surface area contributed by atoms with Crippen molar-refractivity contribution >= 4 is 23.5 Å². The lowest BCUT2D eigenvalue weighted by molar-refractivity contribution is -0.138. The van der Waals surface area contributed by atoms with Gasteiger partial charge in [-0.3, -0.25) is 24.6 Å². The van der Waals surface area contributed by atoms with E-state index in [0.29, 0.717) is 24.7 Å². The molecule has 3 aliphatic heterocycles. The van der Waals surface area contributed by atoms with E-state index in [4.69, 9.17) is 5.11 Å². The van der Waals surface area contributed by atoms with Crippen molar-refractivity contribution in [2.45, 2.75) is 18.8 Å². The molecule has 0 aliphatic carbocycles. The number of aliphatic carboxylic acids is 1. The predicted octanol–water partition coefficient (Wildman–Crippen LogP) is 0.659. The van der Waals surface area contributed by atoms with Gasteiger partial charge >= 0.3 is 5.97 Å². The van der Waals surface area contributed by atoms with Crippen molar-refractivity contribution in [1.29, 1.82) is 0 Å². The van der Waals surface area contributed by atoms with Crippen molar-refractivity contribution in [3.63, 3.8) is 0 Å². The summed E-state index contributed by atoms with van der Waals surface area (Å²) in [6.45, 7) is 3.72. The second-order valence-corrected chi connectivity index (χ2v) is 7.61. The third kappa shape index (κ3) is 3.31. The number of piperidine rings is 1. The van der Waals surface area contributed by atoms with E-state index in [0.717, 1.165) is 37.4 Å². The average molecular weight is 357 g/mol. The first-order chi connectivity index (χ1) is 12.5. The highest BCUT2D eigenvalue weighted by atomic mass is 16.4. The maximum Gasteiger partial charge on any atom is 0.317 e. The maximum absolute atomic E-state index is 12.0. The minimum Gasteiger partial charge on any atom is -0.480 e. The molecule has 1 unspecified atom stereocenters. The molecule has 1 aromatic rings. The summed E-state index contributed by atoms with van der Waals surface area (Å²) < 4.78 is 0. The van der Waals surface area contributed by atoms with Crippen molar-refractivity contribution in [3.05, 3.63) is 29.8 Å². The van der Waals surface area contributed by atoms with Gasteiger partial charge in [-0.25, -0.2) is 0 Å². The molecular formula is C19H23N3O4. The van der Waals surface area contributed by atoms with Crippen molar-refractivity contribution in [1.82, 2.24) is 10.2 Å². The topological polar surface area (TPSA) is 89.9 Å². The number of carbonyl (C=O) groups excluding carboxylic acids is 2. The molecule has 3 atom stereocenters. The van der Waals surface area contributed by atoms with Gasteiger partial charge in [-0.2, -0.15) is 0 Å². The Morgan fingerprint density at radius 1 is 1.08 bits per heavy atom. The van der Waals surface area contributed by atoms with Crippen LogP contribution in [0.25, 0.3) is 0 Å². The minimum absolute atomic E-state index is 0.133. The number of carboxylic acids is 1. The van der Waals surface area contributed by atoms with Crippen LogP contribution in [0.2, 0.25) is 0 Å². The summed E-state index contributed by atoms with van der Waals surface area (Å²) in [6, 6.07) is 8.07. The van der Waals surface area contributed by atoms with Crippen LogP contribution >= 0.6 is 0 Å². The molecule has 0 aromatic heterocycles. The van der Waals surface area contributed by atoms with E-state index >= 15 is 0 Å². The molecule has 3 saturated heterocycles. The van der Waals surface area contributed by atoms with Gasteiger partial charge in [-0.05, 0) is 36.0 Å². The Kier molecular flexibility index (Phi) is 4.40. The van der Waals surface area contributed by atoms with Crippen LogP contribution in [0.5, 0.6) is 0 Å². The van der Waals surface area contributed by atoms with Crippen LogP contribution < -0.4 is 10.2 Å². The van der Waals surface area contributed by atoms with E-state index in [9.17, 15) is 14.4 Å². The van der Waals surface area contributed by atoms with E-state index in [1.165, 1.54) is 0 Å². The van der Waals surface area contributed by atoms with Gasteiger partial charge < -0.3 is 10.0 Å². The summed E-state index contributed by atoms with van der Waals surface area (Å²) in [5.74, 6) is -0.366. The van der Waals surface area contributed by atoms with Crippen molar-refractivity contribution in [2.75, 3.05) is 37.6 Å². The third-order valence-corrected chi connectivity index (χ3v) is 5.82. The zero-order valence-corrected chi connectivity index (χ0v) is 14.6. The molecule has 7 nitrogen and oxygen atoms in total. The quantitative estimate of drug-likeness (QED) is 0.770. The summed E-state index contributed by atoms with van der Waals surface area (Å²) in [7, 11) is 0. The fourth-order valence-corrected chi connectivity index (χ4v) is 4.55. The number of anilines is 1. The predicted molar refractivity (Wildman–Crippen MR) is 94.8 cm³/mol. The second kappa shape index (κ2) is 6.72. The van der Waals surface area contributed by atoms with Gasteiger partial charge in [0, 0.05) is 38.3 Å². The molecule has 3 heterocycles. The minimum atomic E-state index is -0.758. The first kappa shape index (κ1) is 17.0. The maximum atomic E-state index is 12.0.